The molecule has 0 aliphatic carbocycles. The minimum Gasteiger partial charge on any atom is -0.374 e. The largest absolute Gasteiger partial charge is 0.374 e. The van der Waals surface area contributed by atoms with E-state index in [1.807, 2.05) is 11.3 Å². The highest BCUT2D eigenvalue weighted by molar-refractivity contribution is 7.11. The molecule has 3 rings (SSSR count). The van der Waals surface area contributed by atoms with Crippen LogP contribution in [0.2, 0.25) is 0 Å². The quantitative estimate of drug-likeness (QED) is 0.893. The Bertz CT molecular complexity index is 403. The Labute approximate surface area is 107 Å². The van der Waals surface area contributed by atoms with Crippen LogP contribution in [0, 0.1) is 5.41 Å². The van der Waals surface area contributed by atoms with E-state index < -0.39 is 0 Å². The smallest absolute Gasteiger partial charge is 0.0652 e. The van der Waals surface area contributed by atoms with Crippen molar-refractivity contribution in [2.24, 2.45) is 11.1 Å². The maximum Gasteiger partial charge on any atom is 0.0652 e. The summed E-state index contributed by atoms with van der Waals surface area (Å²) in [5, 5.41) is 0. The van der Waals surface area contributed by atoms with Gasteiger partial charge in [-0.2, -0.15) is 0 Å². The second kappa shape index (κ2) is 4.38. The highest BCUT2D eigenvalue weighted by atomic mass is 32.1. The standard InChI is InChI=1S/C14H21NOS/c1-2-11-4-5-12(17-11)8-14(9-15)7-10-3-6-13(14)16-10/h4-5,10,13H,2-3,6-9,15H2,1H3. The van der Waals surface area contributed by atoms with E-state index in [0.717, 1.165) is 19.4 Å². The van der Waals surface area contributed by atoms with Crippen LogP contribution in [0.4, 0.5) is 0 Å². The van der Waals surface area contributed by atoms with Gasteiger partial charge in [-0.3, -0.25) is 0 Å². The maximum atomic E-state index is 6.07. The molecule has 2 N–H and O–H groups in total. The highest BCUT2D eigenvalue weighted by Crippen LogP contribution is 2.49. The molecule has 2 nitrogen and oxygen atoms in total. The number of thiophene rings is 1. The summed E-state index contributed by atoms with van der Waals surface area (Å²) in [6, 6.07) is 4.55. The van der Waals surface area contributed by atoms with Crippen LogP contribution in [-0.4, -0.2) is 18.8 Å². The van der Waals surface area contributed by atoms with E-state index in [0.29, 0.717) is 12.2 Å². The van der Waals surface area contributed by atoms with Gasteiger partial charge in [0, 0.05) is 21.7 Å². The third kappa shape index (κ3) is 1.94. The number of rotatable bonds is 4. The molecule has 0 saturated carbocycles. The summed E-state index contributed by atoms with van der Waals surface area (Å²) in [4.78, 5) is 2.97. The Kier molecular flexibility index (Phi) is 3.01. The third-order valence-corrected chi connectivity index (χ3v) is 5.65. The summed E-state index contributed by atoms with van der Waals surface area (Å²) in [5.41, 5.74) is 6.30. The second-order valence-electron chi connectivity index (χ2n) is 5.49. The minimum absolute atomic E-state index is 0.235. The molecule has 3 heterocycles. The SMILES string of the molecule is CCc1ccc(CC2(CN)CC3CCC2O3)s1. The van der Waals surface area contributed by atoms with Gasteiger partial charge in [0.15, 0.2) is 0 Å². The van der Waals surface area contributed by atoms with Crippen LogP contribution in [-0.2, 0) is 17.6 Å². The zero-order valence-corrected chi connectivity index (χ0v) is 11.3. The van der Waals surface area contributed by atoms with Crippen molar-refractivity contribution >= 4 is 11.3 Å². The molecule has 3 atom stereocenters. The predicted octanol–water partition coefficient (Wildman–Crippen LogP) is 2.75. The van der Waals surface area contributed by atoms with Crippen LogP contribution in [0.5, 0.6) is 0 Å². The Hall–Kier alpha value is -0.380. The van der Waals surface area contributed by atoms with Gasteiger partial charge in [-0.25, -0.2) is 0 Å². The monoisotopic (exact) mass is 251 g/mol. The van der Waals surface area contributed by atoms with Crippen LogP contribution in [0.25, 0.3) is 0 Å². The average Bonchev–Trinajstić information content (AvgIpc) is 3.04. The van der Waals surface area contributed by atoms with Crippen molar-refractivity contribution < 1.29 is 4.74 Å². The lowest BCUT2D eigenvalue weighted by atomic mass is 9.71. The number of hydrogen-bond donors (Lipinski definition) is 1. The van der Waals surface area contributed by atoms with Crippen molar-refractivity contribution in [3.63, 3.8) is 0 Å². The van der Waals surface area contributed by atoms with Crippen molar-refractivity contribution in [1.82, 2.24) is 0 Å². The molecule has 2 saturated heterocycles. The zero-order valence-electron chi connectivity index (χ0n) is 10.4. The van der Waals surface area contributed by atoms with Gasteiger partial charge in [-0.1, -0.05) is 6.92 Å². The fraction of sp³-hybridized carbons (Fsp3) is 0.714. The second-order valence-corrected chi connectivity index (χ2v) is 6.75. The first-order valence-corrected chi connectivity index (χ1v) is 7.50. The van der Waals surface area contributed by atoms with E-state index in [1.54, 1.807) is 0 Å². The summed E-state index contributed by atoms with van der Waals surface area (Å²) in [6.07, 6.45) is 6.82. The fourth-order valence-electron chi connectivity index (χ4n) is 3.42. The molecule has 94 valence electrons. The summed E-state index contributed by atoms with van der Waals surface area (Å²) < 4.78 is 6.01. The molecule has 0 amide bonds. The van der Waals surface area contributed by atoms with Crippen LogP contribution in [0.1, 0.15) is 35.9 Å². The van der Waals surface area contributed by atoms with Gasteiger partial charge < -0.3 is 10.5 Å². The van der Waals surface area contributed by atoms with E-state index in [1.165, 1.54) is 29.0 Å². The molecule has 0 aromatic carbocycles. The molecule has 1 aromatic heterocycles. The Morgan fingerprint density at radius 1 is 1.41 bits per heavy atom. The molecule has 2 aliphatic rings. The molecular weight excluding hydrogens is 230 g/mol. The summed E-state index contributed by atoms with van der Waals surface area (Å²) in [6.45, 7) is 2.99. The van der Waals surface area contributed by atoms with Gasteiger partial charge >= 0.3 is 0 Å². The molecule has 1 aromatic rings. The van der Waals surface area contributed by atoms with Crippen LogP contribution in [0.15, 0.2) is 12.1 Å². The first-order chi connectivity index (χ1) is 8.25. The lowest BCUT2D eigenvalue weighted by Gasteiger charge is -2.33. The number of hydrogen-bond acceptors (Lipinski definition) is 3. The fourth-order valence-corrected chi connectivity index (χ4v) is 4.53. The van der Waals surface area contributed by atoms with E-state index in [4.69, 9.17) is 10.5 Å². The molecule has 2 fully saturated rings. The Morgan fingerprint density at radius 3 is 2.76 bits per heavy atom. The number of fused-ring (bicyclic) bond motifs is 2. The summed E-state index contributed by atoms with van der Waals surface area (Å²) in [5.74, 6) is 0. The highest BCUT2D eigenvalue weighted by Gasteiger charge is 2.51. The van der Waals surface area contributed by atoms with Crippen molar-refractivity contribution in [3.8, 4) is 0 Å². The van der Waals surface area contributed by atoms with Gasteiger partial charge in [0.05, 0.1) is 12.2 Å². The first kappa shape index (κ1) is 11.7. The average molecular weight is 251 g/mol. The number of aryl methyl sites for hydroxylation is 1. The molecule has 17 heavy (non-hydrogen) atoms. The third-order valence-electron chi connectivity index (χ3n) is 4.42. The molecular formula is C14H21NOS. The molecule has 2 aliphatic heterocycles. The topological polar surface area (TPSA) is 35.2 Å². The van der Waals surface area contributed by atoms with Gasteiger partial charge in [-0.05, 0) is 44.2 Å². The van der Waals surface area contributed by atoms with Gasteiger partial charge in [0.25, 0.3) is 0 Å². The van der Waals surface area contributed by atoms with Crippen molar-refractivity contribution in [2.75, 3.05) is 6.54 Å². The molecule has 0 radical (unpaired) electrons. The van der Waals surface area contributed by atoms with Gasteiger partial charge in [0.1, 0.15) is 0 Å². The molecule has 3 heteroatoms. The Balaban J connectivity index is 1.78. The van der Waals surface area contributed by atoms with Gasteiger partial charge in [-0.15, -0.1) is 11.3 Å². The molecule has 2 bridgehead atoms. The van der Waals surface area contributed by atoms with Crippen LogP contribution < -0.4 is 5.73 Å². The summed E-state index contributed by atoms with van der Waals surface area (Å²) >= 11 is 1.95. The van der Waals surface area contributed by atoms with E-state index in [9.17, 15) is 0 Å². The predicted molar refractivity (Wildman–Crippen MR) is 71.4 cm³/mol. The lowest BCUT2D eigenvalue weighted by molar-refractivity contribution is 0.0639. The lowest BCUT2D eigenvalue weighted by Crippen LogP contribution is -2.41. The van der Waals surface area contributed by atoms with E-state index in [2.05, 4.69) is 19.1 Å². The number of nitrogens with two attached hydrogens (primary N) is 1. The Morgan fingerprint density at radius 2 is 2.24 bits per heavy atom. The van der Waals surface area contributed by atoms with Crippen LogP contribution >= 0.6 is 11.3 Å². The van der Waals surface area contributed by atoms with Gasteiger partial charge in [0.2, 0.25) is 0 Å². The van der Waals surface area contributed by atoms with Crippen molar-refractivity contribution in [2.45, 2.75) is 51.2 Å². The summed E-state index contributed by atoms with van der Waals surface area (Å²) in [7, 11) is 0. The number of ether oxygens (including phenoxy) is 1. The normalized spacial score (nSPS) is 35.6. The van der Waals surface area contributed by atoms with E-state index in [-0.39, 0.29) is 5.41 Å². The van der Waals surface area contributed by atoms with Crippen molar-refractivity contribution in [3.05, 3.63) is 21.9 Å². The maximum absolute atomic E-state index is 6.07. The molecule has 0 spiro atoms. The van der Waals surface area contributed by atoms with Crippen LogP contribution in [0.3, 0.4) is 0 Å². The molecule has 3 unspecified atom stereocenters. The minimum atomic E-state index is 0.235. The first-order valence-electron chi connectivity index (χ1n) is 6.69. The van der Waals surface area contributed by atoms with Crippen molar-refractivity contribution in [1.29, 1.82) is 0 Å². The van der Waals surface area contributed by atoms with E-state index >= 15 is 0 Å². The zero-order chi connectivity index (χ0) is 11.9.